The molecule has 3 aromatic heterocycles. The van der Waals surface area contributed by atoms with E-state index in [1.165, 1.54) is 6.07 Å². The molecule has 0 radical (unpaired) electrons. The maximum Gasteiger partial charge on any atom is 0.259 e. The number of hydrogen-bond acceptors (Lipinski definition) is 6. The number of aryl methyl sites for hydroxylation is 1. The average Bonchev–Trinajstić information content (AvgIpc) is 3.17. The number of halogens is 1. The fourth-order valence-electron chi connectivity index (χ4n) is 1.97. The number of amides is 1. The number of carbonyl (C=O) groups excluding carboxylic acids is 1. The lowest BCUT2D eigenvalue weighted by molar-refractivity contribution is 0.0949. The second-order valence-electron chi connectivity index (χ2n) is 4.57. The van der Waals surface area contributed by atoms with Gasteiger partial charge in [-0.3, -0.25) is 4.79 Å². The molecule has 0 unspecified atom stereocenters. The topological polar surface area (TPSA) is 107 Å². The SMILES string of the molecule is Cc1ccc(CNC(=O)c2c(-c3ccc(Cl)o3)noc2N)o1. The van der Waals surface area contributed by atoms with Gasteiger partial charge < -0.3 is 24.4 Å². The number of nitrogens with zero attached hydrogens (tertiary/aromatic N) is 1. The largest absolute Gasteiger partial charge is 0.465 e. The van der Waals surface area contributed by atoms with Crippen LogP contribution in [0.4, 0.5) is 5.88 Å². The highest BCUT2D eigenvalue weighted by Crippen LogP contribution is 2.30. The zero-order chi connectivity index (χ0) is 15.7. The Bertz CT molecular complexity index is 818. The van der Waals surface area contributed by atoms with Gasteiger partial charge in [0, 0.05) is 0 Å². The maximum absolute atomic E-state index is 12.3. The highest BCUT2D eigenvalue weighted by Gasteiger charge is 2.24. The van der Waals surface area contributed by atoms with Crippen LogP contribution in [0.25, 0.3) is 11.5 Å². The van der Waals surface area contributed by atoms with E-state index in [-0.39, 0.29) is 28.9 Å². The van der Waals surface area contributed by atoms with Crippen molar-refractivity contribution in [2.75, 3.05) is 5.73 Å². The maximum atomic E-state index is 12.3. The van der Waals surface area contributed by atoms with Gasteiger partial charge in [0.2, 0.25) is 5.88 Å². The molecular formula is C14H12ClN3O4. The first kappa shape index (κ1) is 14.3. The molecule has 114 valence electrons. The summed E-state index contributed by atoms with van der Waals surface area (Å²) >= 11 is 5.72. The molecule has 3 N–H and O–H groups in total. The van der Waals surface area contributed by atoms with E-state index in [0.29, 0.717) is 11.5 Å². The Morgan fingerprint density at radius 2 is 2.14 bits per heavy atom. The molecule has 0 aromatic carbocycles. The summed E-state index contributed by atoms with van der Waals surface area (Å²) in [6.07, 6.45) is 0. The van der Waals surface area contributed by atoms with E-state index >= 15 is 0 Å². The number of nitrogen functional groups attached to an aromatic ring is 1. The van der Waals surface area contributed by atoms with Crippen LogP contribution in [0, 0.1) is 6.92 Å². The lowest BCUT2D eigenvalue weighted by Gasteiger charge is -2.02. The van der Waals surface area contributed by atoms with Crippen LogP contribution in [0.3, 0.4) is 0 Å². The first-order chi connectivity index (χ1) is 10.5. The van der Waals surface area contributed by atoms with Gasteiger partial charge in [0.15, 0.2) is 16.7 Å². The van der Waals surface area contributed by atoms with Gasteiger partial charge in [0.25, 0.3) is 5.91 Å². The fraction of sp³-hybridized carbons (Fsp3) is 0.143. The van der Waals surface area contributed by atoms with Crippen molar-refractivity contribution in [3.63, 3.8) is 0 Å². The minimum atomic E-state index is -0.449. The summed E-state index contributed by atoms with van der Waals surface area (Å²) in [5, 5.41) is 6.60. The summed E-state index contributed by atoms with van der Waals surface area (Å²) in [7, 11) is 0. The van der Waals surface area contributed by atoms with E-state index in [9.17, 15) is 4.79 Å². The number of hydrogen-bond donors (Lipinski definition) is 2. The van der Waals surface area contributed by atoms with Crippen LogP contribution in [0.2, 0.25) is 5.22 Å². The van der Waals surface area contributed by atoms with Gasteiger partial charge in [-0.05, 0) is 42.8 Å². The number of carbonyl (C=O) groups is 1. The van der Waals surface area contributed by atoms with Crippen molar-refractivity contribution in [1.29, 1.82) is 0 Å². The van der Waals surface area contributed by atoms with E-state index in [0.717, 1.165) is 5.76 Å². The number of furan rings is 2. The standard InChI is InChI=1S/C14H12ClN3O4/c1-7-2-3-8(20-7)6-17-14(19)11-12(18-22-13(11)16)9-4-5-10(15)21-9/h2-5H,6,16H2,1H3,(H,17,19). The fourth-order valence-corrected chi connectivity index (χ4v) is 2.11. The summed E-state index contributed by atoms with van der Waals surface area (Å²) < 4.78 is 15.5. The minimum absolute atomic E-state index is 0.0919. The molecule has 3 aromatic rings. The molecule has 0 saturated heterocycles. The van der Waals surface area contributed by atoms with Crippen molar-refractivity contribution in [2.24, 2.45) is 0 Å². The molecule has 0 atom stereocenters. The monoisotopic (exact) mass is 321 g/mol. The van der Waals surface area contributed by atoms with Crippen LogP contribution in [-0.4, -0.2) is 11.1 Å². The van der Waals surface area contributed by atoms with Gasteiger partial charge >= 0.3 is 0 Å². The zero-order valence-electron chi connectivity index (χ0n) is 11.6. The molecule has 3 heterocycles. The molecule has 0 fully saturated rings. The summed E-state index contributed by atoms with van der Waals surface area (Å²) in [5.41, 5.74) is 5.96. The first-order valence-electron chi connectivity index (χ1n) is 6.39. The van der Waals surface area contributed by atoms with Gasteiger partial charge in [0.05, 0.1) is 6.54 Å². The van der Waals surface area contributed by atoms with E-state index in [2.05, 4.69) is 10.5 Å². The highest BCUT2D eigenvalue weighted by molar-refractivity contribution is 6.29. The van der Waals surface area contributed by atoms with Crippen molar-refractivity contribution in [1.82, 2.24) is 10.5 Å². The molecule has 0 spiro atoms. The van der Waals surface area contributed by atoms with Crippen molar-refractivity contribution in [3.05, 3.63) is 46.6 Å². The van der Waals surface area contributed by atoms with Gasteiger partial charge in [0.1, 0.15) is 17.1 Å². The third-order valence-corrected chi connectivity index (χ3v) is 3.17. The summed E-state index contributed by atoms with van der Waals surface area (Å²) in [6, 6.07) is 6.70. The Morgan fingerprint density at radius 3 is 2.77 bits per heavy atom. The van der Waals surface area contributed by atoms with Crippen molar-refractivity contribution in [3.8, 4) is 11.5 Å². The third kappa shape index (κ3) is 2.71. The molecule has 0 saturated carbocycles. The second kappa shape index (κ2) is 5.61. The van der Waals surface area contributed by atoms with Crippen molar-refractivity contribution >= 4 is 23.4 Å². The quantitative estimate of drug-likeness (QED) is 0.764. The van der Waals surface area contributed by atoms with Gasteiger partial charge in [-0.2, -0.15) is 0 Å². The predicted octanol–water partition coefficient (Wildman–Crippen LogP) is 3.00. The Balaban J connectivity index is 1.81. The number of aromatic nitrogens is 1. The Morgan fingerprint density at radius 1 is 1.32 bits per heavy atom. The molecule has 3 rings (SSSR count). The molecule has 22 heavy (non-hydrogen) atoms. The van der Waals surface area contributed by atoms with E-state index in [4.69, 9.17) is 30.7 Å². The lowest BCUT2D eigenvalue weighted by atomic mass is 10.2. The van der Waals surface area contributed by atoms with Crippen molar-refractivity contribution in [2.45, 2.75) is 13.5 Å². The first-order valence-corrected chi connectivity index (χ1v) is 6.77. The zero-order valence-corrected chi connectivity index (χ0v) is 12.3. The van der Waals surface area contributed by atoms with Crippen LogP contribution in [0.1, 0.15) is 21.9 Å². The lowest BCUT2D eigenvalue weighted by Crippen LogP contribution is -2.23. The molecule has 0 bridgehead atoms. The van der Waals surface area contributed by atoms with E-state index in [1.807, 2.05) is 13.0 Å². The Kier molecular flexibility index (Phi) is 3.64. The summed E-state index contributed by atoms with van der Waals surface area (Å²) in [6.45, 7) is 2.04. The minimum Gasteiger partial charge on any atom is -0.465 e. The smallest absolute Gasteiger partial charge is 0.259 e. The average molecular weight is 322 g/mol. The van der Waals surface area contributed by atoms with E-state index < -0.39 is 5.91 Å². The van der Waals surface area contributed by atoms with Crippen LogP contribution in [0.5, 0.6) is 0 Å². The van der Waals surface area contributed by atoms with Crippen LogP contribution in [-0.2, 0) is 6.54 Å². The number of rotatable bonds is 4. The van der Waals surface area contributed by atoms with Gasteiger partial charge in [-0.15, -0.1) is 0 Å². The normalized spacial score (nSPS) is 10.8. The molecular weight excluding hydrogens is 310 g/mol. The number of nitrogens with two attached hydrogens (primary N) is 1. The van der Waals surface area contributed by atoms with E-state index in [1.54, 1.807) is 12.1 Å². The second-order valence-corrected chi connectivity index (χ2v) is 4.94. The number of nitrogens with one attached hydrogen (secondary N) is 1. The Labute approximate surface area is 130 Å². The third-order valence-electron chi connectivity index (χ3n) is 2.97. The highest BCUT2D eigenvalue weighted by atomic mass is 35.5. The molecule has 8 heteroatoms. The van der Waals surface area contributed by atoms with Gasteiger partial charge in [-0.1, -0.05) is 5.16 Å². The number of anilines is 1. The van der Waals surface area contributed by atoms with Gasteiger partial charge in [-0.25, -0.2) is 0 Å². The Hall–Kier alpha value is -2.67. The van der Waals surface area contributed by atoms with Crippen LogP contribution < -0.4 is 11.1 Å². The molecule has 7 nitrogen and oxygen atoms in total. The van der Waals surface area contributed by atoms with Crippen molar-refractivity contribution < 1.29 is 18.2 Å². The summed E-state index contributed by atoms with van der Waals surface area (Å²) in [4.78, 5) is 12.3. The van der Waals surface area contributed by atoms with Crippen LogP contribution >= 0.6 is 11.6 Å². The molecule has 0 aliphatic carbocycles. The predicted molar refractivity (Wildman–Crippen MR) is 78.2 cm³/mol. The molecule has 0 aliphatic heterocycles. The van der Waals surface area contributed by atoms with Crippen LogP contribution in [0.15, 0.2) is 37.6 Å². The molecule has 0 aliphatic rings. The molecule has 1 amide bonds. The summed E-state index contributed by atoms with van der Waals surface area (Å²) in [5.74, 6) is 1.14.